The van der Waals surface area contributed by atoms with Crippen LogP contribution in [0.15, 0.2) is 226 Å². The van der Waals surface area contributed by atoms with Crippen molar-refractivity contribution in [2.75, 3.05) is 4.90 Å². The molecule has 290 valence electrons. The summed E-state index contributed by atoms with van der Waals surface area (Å²) in [6, 6.07) is 77.5. The van der Waals surface area contributed by atoms with Gasteiger partial charge in [-0.05, 0) is 111 Å². The molecule has 1 aliphatic heterocycles. The first-order valence-electron chi connectivity index (χ1n) is 20.9. The van der Waals surface area contributed by atoms with E-state index in [4.69, 9.17) is 0 Å². The number of benzene rings is 8. The van der Waals surface area contributed by atoms with Gasteiger partial charge in [0.2, 0.25) is 6.71 Å². The summed E-state index contributed by atoms with van der Waals surface area (Å²) in [7, 11) is -1.87. The van der Waals surface area contributed by atoms with Crippen molar-refractivity contribution < 1.29 is 0 Å². The third-order valence-electron chi connectivity index (χ3n) is 11.9. The molecule has 1 aliphatic rings. The quantitative estimate of drug-likeness (QED) is 0.146. The van der Waals surface area contributed by atoms with Gasteiger partial charge in [0.25, 0.3) is 0 Å². The Morgan fingerprint density at radius 3 is 1.39 bits per heavy atom. The first-order chi connectivity index (χ1) is 28.5. The fraction of sp³-hybridized carbons (Fsp3) is 0.143. The van der Waals surface area contributed by atoms with E-state index in [1.54, 1.807) is 0 Å². The minimum atomic E-state index is -1.87. The molecule has 1 nitrogen and oxygen atoms in total. The number of fused-ring (bicyclic) bond motifs is 2. The van der Waals surface area contributed by atoms with E-state index in [9.17, 15) is 0 Å². The number of hydrogen-bond donors (Lipinski definition) is 0. The van der Waals surface area contributed by atoms with Gasteiger partial charge in [0.05, 0.1) is 0 Å². The summed E-state index contributed by atoms with van der Waals surface area (Å²) in [5.74, 6) is 0. The summed E-state index contributed by atoms with van der Waals surface area (Å²) in [4.78, 5) is 7.85. The molecule has 0 saturated carbocycles. The number of nitrogens with zero attached hydrogens (tertiary/aromatic N) is 1. The Hall–Kier alpha value is -6.03. The molecule has 0 aliphatic carbocycles. The predicted molar refractivity (Wildman–Crippen MR) is 255 cm³/mol. The third kappa shape index (κ3) is 7.02. The minimum absolute atomic E-state index is 0.00882. The summed E-state index contributed by atoms with van der Waals surface area (Å²) < 4.78 is 0. The lowest BCUT2D eigenvalue weighted by molar-refractivity contribution is 0.569. The molecule has 0 spiro atoms. The molecule has 59 heavy (non-hydrogen) atoms. The third-order valence-corrected chi connectivity index (χ3v) is 15.8. The Bertz CT molecular complexity index is 2600. The first kappa shape index (κ1) is 38.5. The molecule has 0 N–H and O–H groups in total. The van der Waals surface area contributed by atoms with Gasteiger partial charge in [-0.1, -0.05) is 187 Å². The molecule has 0 amide bonds. The molecule has 0 unspecified atom stereocenters. The number of hydrogen-bond acceptors (Lipinski definition) is 1. The second-order valence-corrected chi connectivity index (χ2v) is 21.0. The van der Waals surface area contributed by atoms with Crippen molar-refractivity contribution >= 4 is 50.2 Å². The normalized spacial score (nSPS) is 13.1. The topological polar surface area (TPSA) is 3.24 Å². The van der Waals surface area contributed by atoms with Crippen LogP contribution in [0.4, 0.5) is 17.1 Å². The van der Waals surface area contributed by atoms with E-state index in [1.807, 2.05) is 0 Å². The van der Waals surface area contributed by atoms with Gasteiger partial charge in [0.15, 0.2) is 0 Å². The summed E-state index contributed by atoms with van der Waals surface area (Å²) in [6.45, 7) is 14.0. The fourth-order valence-corrected chi connectivity index (χ4v) is 12.8. The Morgan fingerprint density at radius 1 is 0.373 bits per heavy atom. The molecule has 3 heteroatoms. The average Bonchev–Trinajstić information content (AvgIpc) is 3.26. The zero-order chi connectivity index (χ0) is 40.8. The van der Waals surface area contributed by atoms with Gasteiger partial charge in [0.1, 0.15) is 0 Å². The zero-order valence-electron chi connectivity index (χ0n) is 35.1. The summed E-state index contributed by atoms with van der Waals surface area (Å²) >= 11 is 0. The van der Waals surface area contributed by atoms with Gasteiger partial charge in [-0.3, -0.25) is 0 Å². The van der Waals surface area contributed by atoms with Crippen molar-refractivity contribution in [2.24, 2.45) is 0 Å². The van der Waals surface area contributed by atoms with E-state index in [1.165, 1.54) is 75.3 Å². The molecular formula is C56H52BNS. The molecule has 0 atom stereocenters. The maximum absolute atomic E-state index is 2.55. The van der Waals surface area contributed by atoms with Gasteiger partial charge in [0, 0.05) is 36.6 Å². The van der Waals surface area contributed by atoms with Crippen LogP contribution in [0, 0.1) is 0 Å². The summed E-state index contributed by atoms with van der Waals surface area (Å²) in [6.07, 6.45) is 0. The van der Waals surface area contributed by atoms with Gasteiger partial charge in [-0.25, -0.2) is 0 Å². The maximum atomic E-state index is 2.55. The van der Waals surface area contributed by atoms with Crippen molar-refractivity contribution in [2.45, 2.75) is 72.0 Å². The fourth-order valence-electron chi connectivity index (χ4n) is 8.84. The van der Waals surface area contributed by atoms with Crippen molar-refractivity contribution in [3.8, 4) is 11.1 Å². The highest BCUT2D eigenvalue weighted by molar-refractivity contribution is 8.34. The van der Waals surface area contributed by atoms with Crippen molar-refractivity contribution in [3.63, 3.8) is 0 Å². The van der Waals surface area contributed by atoms with E-state index in [-0.39, 0.29) is 17.5 Å². The Labute approximate surface area is 353 Å². The lowest BCUT2D eigenvalue weighted by Gasteiger charge is -2.43. The van der Waals surface area contributed by atoms with E-state index in [0.717, 1.165) is 0 Å². The number of rotatable bonds is 7. The Morgan fingerprint density at radius 2 is 0.847 bits per heavy atom. The maximum Gasteiger partial charge on any atom is 0.246 e. The van der Waals surface area contributed by atoms with E-state index in [0.29, 0.717) is 0 Å². The van der Waals surface area contributed by atoms with E-state index < -0.39 is 10.0 Å². The molecule has 8 aromatic carbocycles. The second kappa shape index (κ2) is 15.3. The van der Waals surface area contributed by atoms with E-state index >= 15 is 0 Å². The van der Waals surface area contributed by atoms with Crippen molar-refractivity contribution in [1.29, 1.82) is 0 Å². The molecule has 0 aromatic heterocycles. The molecule has 1 heterocycles. The second-order valence-electron chi connectivity index (χ2n) is 17.9. The smallest absolute Gasteiger partial charge is 0.246 e. The molecule has 8 aromatic rings. The molecule has 0 saturated heterocycles. The minimum Gasteiger partial charge on any atom is -0.311 e. The van der Waals surface area contributed by atoms with Crippen LogP contribution in [-0.2, 0) is 10.8 Å². The van der Waals surface area contributed by atoms with Gasteiger partial charge in [-0.15, -0.1) is 10.0 Å². The van der Waals surface area contributed by atoms with Crippen LogP contribution in [0.2, 0.25) is 0 Å². The Balaban J connectivity index is 1.32. The van der Waals surface area contributed by atoms with Crippen LogP contribution in [0.25, 0.3) is 11.1 Å². The molecule has 0 radical (unpaired) electrons. The van der Waals surface area contributed by atoms with Gasteiger partial charge in [-0.2, -0.15) is 0 Å². The van der Waals surface area contributed by atoms with Crippen LogP contribution in [-0.4, -0.2) is 6.71 Å². The average molecular weight is 782 g/mol. The standard InChI is InChI=1S/C56H52BNS/c1-55(2,3)43-37-44(56(4,5)6)39-46(38-43)58-53-33-20-19-32-51(53)57(52-35-34-42(36-54(52)58)41-22-11-7-12-23-41)45-24-21-31-50(40-45)59(47-25-13-8-14-26-47,48-27-15-9-16-28-48)49-29-17-10-18-30-49/h7-40H,1-6H3. The molecule has 9 rings (SSSR count). The molecule has 0 fully saturated rings. The van der Waals surface area contributed by atoms with Crippen LogP contribution >= 0.6 is 10.0 Å². The molecular weight excluding hydrogens is 730 g/mol. The zero-order valence-corrected chi connectivity index (χ0v) is 35.9. The number of para-hydroxylation sites is 1. The predicted octanol–water partition coefficient (Wildman–Crippen LogP) is 13.6. The SMILES string of the molecule is CC(C)(C)c1cc(N2c3ccccc3B(c3cccc(S(c4ccccc4)(c4ccccc4)c4ccccc4)c3)c3ccc(-c4ccccc4)cc32)cc(C(C)(C)C)c1. The van der Waals surface area contributed by atoms with Crippen LogP contribution < -0.4 is 21.3 Å². The first-order valence-corrected chi connectivity index (χ1v) is 22.5. The molecule has 0 bridgehead atoms. The van der Waals surface area contributed by atoms with Crippen LogP contribution in [0.5, 0.6) is 0 Å². The lowest BCUT2D eigenvalue weighted by Crippen LogP contribution is -2.57. The summed E-state index contributed by atoms with van der Waals surface area (Å²) in [5, 5.41) is 0. The summed E-state index contributed by atoms with van der Waals surface area (Å²) in [5.41, 5.74) is 12.6. The highest BCUT2D eigenvalue weighted by Gasteiger charge is 2.38. The number of anilines is 3. The van der Waals surface area contributed by atoms with Crippen molar-refractivity contribution in [1.82, 2.24) is 0 Å². The highest BCUT2D eigenvalue weighted by atomic mass is 32.3. The largest absolute Gasteiger partial charge is 0.311 e. The monoisotopic (exact) mass is 781 g/mol. The Kier molecular flexibility index (Phi) is 9.98. The van der Waals surface area contributed by atoms with E-state index in [2.05, 4.69) is 253 Å². The highest BCUT2D eigenvalue weighted by Crippen LogP contribution is 2.73. The van der Waals surface area contributed by atoms with Crippen molar-refractivity contribution in [3.05, 3.63) is 217 Å². The van der Waals surface area contributed by atoms with Crippen LogP contribution in [0.1, 0.15) is 52.7 Å². The van der Waals surface area contributed by atoms with Gasteiger partial charge < -0.3 is 4.90 Å². The van der Waals surface area contributed by atoms with Crippen LogP contribution in [0.3, 0.4) is 0 Å². The lowest BCUT2D eigenvalue weighted by atomic mass is 9.35. The van der Waals surface area contributed by atoms with Gasteiger partial charge >= 0.3 is 0 Å².